The van der Waals surface area contributed by atoms with Crippen molar-refractivity contribution < 1.29 is 23.9 Å². The van der Waals surface area contributed by atoms with Gasteiger partial charge in [-0.2, -0.15) is 0 Å². The largest absolute Gasteiger partial charge is 0.423 e. The van der Waals surface area contributed by atoms with E-state index >= 15 is 0 Å². The van der Waals surface area contributed by atoms with Gasteiger partial charge in [-0.05, 0) is 26.0 Å². The fraction of sp³-hybridized carbons (Fsp3) is 0.462. The summed E-state index contributed by atoms with van der Waals surface area (Å²) in [7, 11) is 0. The lowest BCUT2D eigenvalue weighted by atomic mass is 10.3. The molecule has 0 heterocycles. The first-order chi connectivity index (χ1) is 9.99. The topological polar surface area (TPSA) is 87.9 Å². The smallest absolute Gasteiger partial charge is 0.373 e. The molecule has 116 valence electrons. The van der Waals surface area contributed by atoms with Crippen LogP contribution in [0.2, 0.25) is 0 Å². The Morgan fingerprint density at radius 3 is 2.14 bits per heavy atom. The Labute approximate surface area is 130 Å². The van der Waals surface area contributed by atoms with Gasteiger partial charge in [0.05, 0.1) is 10.3 Å². The van der Waals surface area contributed by atoms with Crippen LogP contribution in [0.15, 0.2) is 24.3 Å². The molecule has 0 unspecified atom stereocenters. The van der Waals surface area contributed by atoms with Gasteiger partial charge in [0.25, 0.3) is 11.5 Å². The van der Waals surface area contributed by atoms with E-state index in [1.807, 2.05) is 0 Å². The highest BCUT2D eigenvalue weighted by Crippen LogP contribution is 2.23. The molecule has 7 nitrogen and oxygen atoms in total. The van der Waals surface area contributed by atoms with Crippen molar-refractivity contribution in [2.75, 3.05) is 18.5 Å². The van der Waals surface area contributed by atoms with Gasteiger partial charge in [-0.1, -0.05) is 15.9 Å². The molecule has 1 aromatic carbocycles. The second kappa shape index (κ2) is 8.06. The zero-order valence-electron chi connectivity index (χ0n) is 11.7. The van der Waals surface area contributed by atoms with Crippen LogP contribution in [0.1, 0.15) is 13.8 Å². The van der Waals surface area contributed by atoms with Crippen molar-refractivity contribution in [1.82, 2.24) is 0 Å². The van der Waals surface area contributed by atoms with Crippen LogP contribution in [0.4, 0.5) is 5.69 Å². The highest BCUT2D eigenvalue weighted by Gasteiger charge is 2.41. The summed E-state index contributed by atoms with van der Waals surface area (Å²) in [6.07, 6.45) is 0. The van der Waals surface area contributed by atoms with Gasteiger partial charge >= 0.3 is 5.97 Å². The van der Waals surface area contributed by atoms with E-state index in [4.69, 9.17) is 14.2 Å². The van der Waals surface area contributed by atoms with Gasteiger partial charge in [0.2, 0.25) is 0 Å². The lowest BCUT2D eigenvalue weighted by Crippen LogP contribution is -2.48. The first kappa shape index (κ1) is 17.5. The van der Waals surface area contributed by atoms with Gasteiger partial charge in [0.15, 0.2) is 0 Å². The number of esters is 1. The first-order valence-electron chi connectivity index (χ1n) is 6.29. The minimum atomic E-state index is -1.54. The molecular weight excluding hydrogens is 346 g/mol. The molecule has 0 aliphatic rings. The summed E-state index contributed by atoms with van der Waals surface area (Å²) >= 11 is 3.18. The van der Waals surface area contributed by atoms with Gasteiger partial charge in [-0.15, -0.1) is 0 Å². The summed E-state index contributed by atoms with van der Waals surface area (Å²) in [4.78, 5) is 22.3. The maximum Gasteiger partial charge on any atom is 0.373 e. The molecule has 0 saturated heterocycles. The van der Waals surface area contributed by atoms with Crippen molar-refractivity contribution in [2.45, 2.75) is 19.6 Å². The highest BCUT2D eigenvalue weighted by atomic mass is 79.9. The molecule has 0 bridgehead atoms. The second-order valence-corrected chi connectivity index (χ2v) is 4.45. The molecule has 0 amide bonds. The van der Waals surface area contributed by atoms with E-state index in [0.717, 1.165) is 0 Å². The van der Waals surface area contributed by atoms with Crippen LogP contribution >= 0.6 is 15.9 Å². The summed E-state index contributed by atoms with van der Waals surface area (Å²) < 4.78 is 15.9. The quantitative estimate of drug-likeness (QED) is 0.176. The fourth-order valence-electron chi connectivity index (χ4n) is 1.58. The van der Waals surface area contributed by atoms with Crippen molar-refractivity contribution in [1.29, 1.82) is 0 Å². The number of alkyl halides is 1. The molecule has 0 aromatic heterocycles. The predicted octanol–water partition coefficient (Wildman–Crippen LogP) is 2.66. The fourth-order valence-corrected chi connectivity index (χ4v) is 2.13. The molecule has 0 radical (unpaired) electrons. The summed E-state index contributed by atoms with van der Waals surface area (Å²) in [5, 5.41) is 10.7. The molecular formula is C13H16BrNO6. The average Bonchev–Trinajstić information content (AvgIpc) is 2.47. The zero-order chi connectivity index (χ0) is 15.9. The number of nitrogens with zero attached hydrogens (tertiary/aromatic N) is 1. The third-order valence-electron chi connectivity index (χ3n) is 2.50. The number of halogens is 1. The van der Waals surface area contributed by atoms with E-state index in [9.17, 15) is 14.9 Å². The van der Waals surface area contributed by atoms with Gasteiger partial charge in [-0.3, -0.25) is 10.1 Å². The van der Waals surface area contributed by atoms with Crippen LogP contribution in [0.25, 0.3) is 0 Å². The van der Waals surface area contributed by atoms with Crippen LogP contribution in [0.3, 0.4) is 0 Å². The molecule has 0 fully saturated rings. The van der Waals surface area contributed by atoms with Crippen molar-refractivity contribution in [2.24, 2.45) is 0 Å². The summed E-state index contributed by atoms with van der Waals surface area (Å²) in [6.45, 7) is 3.99. The Morgan fingerprint density at radius 2 is 1.76 bits per heavy atom. The number of hydrogen-bond acceptors (Lipinski definition) is 6. The predicted molar refractivity (Wildman–Crippen MR) is 78.5 cm³/mol. The molecule has 1 aromatic rings. The summed E-state index contributed by atoms with van der Waals surface area (Å²) in [5.74, 6) is -2.09. The molecule has 21 heavy (non-hydrogen) atoms. The van der Waals surface area contributed by atoms with E-state index in [1.54, 1.807) is 13.8 Å². The maximum atomic E-state index is 12.2. The monoisotopic (exact) mass is 361 g/mol. The van der Waals surface area contributed by atoms with Gasteiger partial charge in [0, 0.05) is 25.3 Å². The van der Waals surface area contributed by atoms with E-state index in [-0.39, 0.29) is 30.0 Å². The third kappa shape index (κ3) is 4.48. The van der Waals surface area contributed by atoms with E-state index in [1.165, 1.54) is 24.3 Å². The zero-order valence-corrected chi connectivity index (χ0v) is 13.3. The van der Waals surface area contributed by atoms with E-state index in [0.29, 0.717) is 0 Å². The molecule has 1 rings (SSSR count). The van der Waals surface area contributed by atoms with Crippen LogP contribution < -0.4 is 4.74 Å². The normalized spacial score (nSPS) is 11.2. The average molecular weight is 362 g/mol. The number of carbonyl (C=O) groups excluding carboxylic acids is 1. The number of non-ortho nitro benzene ring substituents is 1. The van der Waals surface area contributed by atoms with Gasteiger partial charge in [0.1, 0.15) is 5.75 Å². The molecule has 8 heteroatoms. The van der Waals surface area contributed by atoms with Crippen LogP contribution in [0.5, 0.6) is 5.75 Å². The van der Waals surface area contributed by atoms with Crippen LogP contribution in [-0.2, 0) is 14.3 Å². The van der Waals surface area contributed by atoms with Gasteiger partial charge in [-0.25, -0.2) is 4.79 Å². The lowest BCUT2D eigenvalue weighted by molar-refractivity contribution is -0.384. The third-order valence-corrected chi connectivity index (χ3v) is 3.24. The SMILES string of the molecule is CCOC(CBr)(OCC)C(=O)Oc1ccc([N+](=O)[O-])cc1. The Balaban J connectivity index is 2.87. The Kier molecular flexibility index (Phi) is 6.73. The number of nitro benzene ring substituents is 1. The Morgan fingerprint density at radius 1 is 1.24 bits per heavy atom. The van der Waals surface area contributed by atoms with Crippen molar-refractivity contribution in [3.8, 4) is 5.75 Å². The van der Waals surface area contributed by atoms with Crippen molar-refractivity contribution in [3.05, 3.63) is 34.4 Å². The van der Waals surface area contributed by atoms with Gasteiger partial charge < -0.3 is 14.2 Å². The molecule has 0 atom stereocenters. The lowest BCUT2D eigenvalue weighted by Gasteiger charge is -2.28. The molecule has 0 aliphatic heterocycles. The molecule has 0 spiro atoms. The van der Waals surface area contributed by atoms with Crippen LogP contribution in [0, 0.1) is 10.1 Å². The highest BCUT2D eigenvalue weighted by molar-refractivity contribution is 9.09. The minimum absolute atomic E-state index is 0.0869. The molecule has 0 aliphatic carbocycles. The minimum Gasteiger partial charge on any atom is -0.423 e. The molecule has 0 saturated carbocycles. The second-order valence-electron chi connectivity index (χ2n) is 3.89. The Bertz CT molecular complexity index is 484. The number of nitro groups is 1. The summed E-state index contributed by atoms with van der Waals surface area (Å²) in [5.41, 5.74) is -0.0869. The standard InChI is InChI=1S/C13H16BrNO6/c1-3-19-13(9-14,20-4-2)12(16)21-11-7-5-10(6-8-11)15(17)18/h5-8H,3-4,9H2,1-2H3. The van der Waals surface area contributed by atoms with Crippen molar-refractivity contribution in [3.63, 3.8) is 0 Å². The number of carbonyl (C=O) groups is 1. The summed E-state index contributed by atoms with van der Waals surface area (Å²) in [6, 6.07) is 5.18. The Hall–Kier alpha value is -1.51. The van der Waals surface area contributed by atoms with Crippen molar-refractivity contribution >= 4 is 27.6 Å². The first-order valence-corrected chi connectivity index (χ1v) is 7.41. The number of hydrogen-bond donors (Lipinski definition) is 0. The number of benzene rings is 1. The van der Waals surface area contributed by atoms with E-state index < -0.39 is 16.7 Å². The number of ether oxygens (including phenoxy) is 3. The maximum absolute atomic E-state index is 12.2. The van der Waals surface area contributed by atoms with Crippen LogP contribution in [-0.4, -0.2) is 35.2 Å². The molecule has 0 N–H and O–H groups in total. The van der Waals surface area contributed by atoms with E-state index in [2.05, 4.69) is 15.9 Å². The number of rotatable bonds is 8.